The lowest BCUT2D eigenvalue weighted by molar-refractivity contribution is 0.0556. The number of halogens is 2. The number of rotatable bonds is 1. The molecule has 0 amide bonds. The maximum atomic E-state index is 3.77. The summed E-state index contributed by atoms with van der Waals surface area (Å²) in [7, 11) is 0. The highest BCUT2D eigenvalue weighted by molar-refractivity contribution is 9.48. The van der Waals surface area contributed by atoms with Crippen LogP contribution in [-0.4, -0.2) is 21.8 Å². The van der Waals surface area contributed by atoms with E-state index < -0.39 is 6.20 Å². The van der Waals surface area contributed by atoms with Crippen LogP contribution >= 0.6 is 30.6 Å². The standard InChI is InChI=1S/C9H19Br2NSi/c1-8(2)6-5-7-9(3,4)12(8)13(10)11/h13H,5-7H2,1-4H3. The molecular formula is C9H19Br2NSi. The van der Waals surface area contributed by atoms with Gasteiger partial charge in [-0.1, -0.05) is 30.6 Å². The van der Waals surface area contributed by atoms with Crippen molar-refractivity contribution >= 4 is 36.8 Å². The van der Waals surface area contributed by atoms with Crippen molar-refractivity contribution in [1.29, 1.82) is 0 Å². The molecule has 13 heavy (non-hydrogen) atoms. The van der Waals surface area contributed by atoms with Crippen molar-refractivity contribution in [3.8, 4) is 0 Å². The highest BCUT2D eigenvalue weighted by atomic mass is 79.9. The number of hydrogen-bond donors (Lipinski definition) is 0. The number of piperidine rings is 1. The van der Waals surface area contributed by atoms with Gasteiger partial charge in [0.25, 0.3) is 6.20 Å². The Morgan fingerprint density at radius 2 is 1.38 bits per heavy atom. The van der Waals surface area contributed by atoms with Gasteiger partial charge in [-0.15, -0.1) is 0 Å². The van der Waals surface area contributed by atoms with Crippen molar-refractivity contribution in [2.45, 2.75) is 58.0 Å². The molecule has 0 unspecified atom stereocenters. The van der Waals surface area contributed by atoms with Gasteiger partial charge in [0, 0.05) is 11.1 Å². The predicted octanol–water partition coefficient (Wildman–Crippen LogP) is 3.54. The van der Waals surface area contributed by atoms with Crippen LogP contribution in [0.5, 0.6) is 0 Å². The second-order valence-corrected chi connectivity index (χ2v) is 15.1. The Hall–Kier alpha value is 1.14. The molecule has 0 atom stereocenters. The van der Waals surface area contributed by atoms with E-state index in [2.05, 4.69) is 62.8 Å². The molecule has 1 fully saturated rings. The Morgan fingerprint density at radius 1 is 1.00 bits per heavy atom. The summed E-state index contributed by atoms with van der Waals surface area (Å²) >= 11 is 7.54. The molecule has 0 spiro atoms. The summed E-state index contributed by atoms with van der Waals surface area (Å²) in [6.45, 7) is 9.43. The molecule has 0 radical (unpaired) electrons. The normalized spacial score (nSPS) is 27.9. The minimum Gasteiger partial charge on any atom is -0.299 e. The van der Waals surface area contributed by atoms with Crippen molar-refractivity contribution in [1.82, 2.24) is 4.57 Å². The van der Waals surface area contributed by atoms with Crippen LogP contribution in [0.3, 0.4) is 0 Å². The molecule has 0 aromatic heterocycles. The van der Waals surface area contributed by atoms with Gasteiger partial charge in [-0.2, -0.15) is 0 Å². The molecule has 1 heterocycles. The van der Waals surface area contributed by atoms with Crippen LogP contribution in [0.25, 0.3) is 0 Å². The molecule has 1 saturated heterocycles. The lowest BCUT2D eigenvalue weighted by Gasteiger charge is -2.54. The van der Waals surface area contributed by atoms with Crippen molar-refractivity contribution in [2.24, 2.45) is 0 Å². The molecule has 0 aliphatic carbocycles. The van der Waals surface area contributed by atoms with E-state index >= 15 is 0 Å². The smallest absolute Gasteiger partial charge is 0.258 e. The molecule has 0 bridgehead atoms. The van der Waals surface area contributed by atoms with Crippen LogP contribution in [0, 0.1) is 0 Å². The Kier molecular flexibility index (Phi) is 3.71. The van der Waals surface area contributed by atoms with E-state index in [1.807, 2.05) is 0 Å². The summed E-state index contributed by atoms with van der Waals surface area (Å²) in [4.78, 5) is 0. The van der Waals surface area contributed by atoms with Gasteiger partial charge in [0.1, 0.15) is 0 Å². The van der Waals surface area contributed by atoms with Gasteiger partial charge in [-0.05, 0) is 47.0 Å². The zero-order chi connectivity index (χ0) is 10.3. The summed E-state index contributed by atoms with van der Waals surface area (Å²) in [5.41, 5.74) is 0.706. The fourth-order valence-electron chi connectivity index (χ4n) is 2.54. The van der Waals surface area contributed by atoms with E-state index in [9.17, 15) is 0 Å². The lowest BCUT2D eigenvalue weighted by Crippen LogP contribution is -2.61. The minimum absolute atomic E-state index is 0.353. The lowest BCUT2D eigenvalue weighted by atomic mass is 9.83. The average Bonchev–Trinajstić information content (AvgIpc) is 1.79. The fourth-order valence-corrected chi connectivity index (χ4v) is 10.5. The van der Waals surface area contributed by atoms with Crippen LogP contribution in [0.2, 0.25) is 0 Å². The van der Waals surface area contributed by atoms with Gasteiger partial charge in [0.05, 0.1) is 0 Å². The van der Waals surface area contributed by atoms with Gasteiger partial charge < -0.3 is 0 Å². The monoisotopic (exact) mass is 327 g/mol. The van der Waals surface area contributed by atoms with Gasteiger partial charge in [0.15, 0.2) is 0 Å². The summed E-state index contributed by atoms with van der Waals surface area (Å²) in [6.07, 6.45) is 2.95. The molecule has 78 valence electrons. The zero-order valence-electron chi connectivity index (χ0n) is 8.90. The molecular weight excluding hydrogens is 310 g/mol. The number of nitrogens with zero attached hydrogens (tertiary/aromatic N) is 1. The quantitative estimate of drug-likeness (QED) is 0.525. The topological polar surface area (TPSA) is 3.24 Å². The molecule has 4 heteroatoms. The van der Waals surface area contributed by atoms with Crippen LogP contribution in [0.1, 0.15) is 47.0 Å². The number of hydrogen-bond acceptors (Lipinski definition) is 1. The third kappa shape index (κ3) is 2.58. The molecule has 0 N–H and O–H groups in total. The molecule has 0 saturated carbocycles. The average molecular weight is 329 g/mol. The SMILES string of the molecule is CC1(C)CCCC(C)(C)N1[SiH](Br)Br. The highest BCUT2D eigenvalue weighted by Crippen LogP contribution is 2.40. The minimum atomic E-state index is -1.04. The van der Waals surface area contributed by atoms with Gasteiger partial charge >= 0.3 is 0 Å². The first-order chi connectivity index (χ1) is 5.77. The molecule has 1 rings (SSSR count). The van der Waals surface area contributed by atoms with Crippen molar-refractivity contribution < 1.29 is 0 Å². The van der Waals surface area contributed by atoms with Crippen molar-refractivity contribution in [2.75, 3.05) is 0 Å². The summed E-state index contributed by atoms with van der Waals surface area (Å²) < 4.78 is 2.66. The van der Waals surface area contributed by atoms with Gasteiger partial charge in [-0.3, -0.25) is 4.57 Å². The third-order valence-corrected chi connectivity index (χ3v) is 7.32. The summed E-state index contributed by atoms with van der Waals surface area (Å²) in [5, 5.41) is 0. The van der Waals surface area contributed by atoms with E-state index in [-0.39, 0.29) is 0 Å². The molecule has 1 aliphatic rings. The van der Waals surface area contributed by atoms with Gasteiger partial charge in [-0.25, -0.2) is 0 Å². The van der Waals surface area contributed by atoms with Crippen LogP contribution in [0.4, 0.5) is 0 Å². The second kappa shape index (κ2) is 3.95. The van der Waals surface area contributed by atoms with Crippen LogP contribution in [-0.2, 0) is 0 Å². The van der Waals surface area contributed by atoms with E-state index in [4.69, 9.17) is 0 Å². The Balaban J connectivity index is 2.91. The maximum Gasteiger partial charge on any atom is 0.258 e. The van der Waals surface area contributed by atoms with E-state index in [0.29, 0.717) is 11.1 Å². The van der Waals surface area contributed by atoms with Crippen molar-refractivity contribution in [3.63, 3.8) is 0 Å². The Bertz CT molecular complexity index is 176. The first-order valence-electron chi connectivity index (χ1n) is 4.85. The molecule has 0 aromatic rings. The van der Waals surface area contributed by atoms with Crippen LogP contribution < -0.4 is 0 Å². The molecule has 1 aliphatic heterocycles. The maximum absolute atomic E-state index is 3.77. The highest BCUT2D eigenvalue weighted by Gasteiger charge is 2.43. The molecule has 1 nitrogen and oxygen atoms in total. The fraction of sp³-hybridized carbons (Fsp3) is 1.00. The summed E-state index contributed by atoms with van der Waals surface area (Å²) in [6, 6.07) is 0. The van der Waals surface area contributed by atoms with E-state index in [0.717, 1.165) is 0 Å². The Labute approximate surface area is 99.1 Å². The van der Waals surface area contributed by atoms with E-state index in [1.165, 1.54) is 19.3 Å². The van der Waals surface area contributed by atoms with Gasteiger partial charge in [0.2, 0.25) is 0 Å². The van der Waals surface area contributed by atoms with Crippen LogP contribution in [0.15, 0.2) is 0 Å². The Morgan fingerprint density at radius 3 is 1.62 bits per heavy atom. The molecule has 0 aromatic carbocycles. The van der Waals surface area contributed by atoms with Crippen molar-refractivity contribution in [3.05, 3.63) is 0 Å². The largest absolute Gasteiger partial charge is 0.299 e. The zero-order valence-corrected chi connectivity index (χ0v) is 13.2. The predicted molar refractivity (Wildman–Crippen MR) is 68.9 cm³/mol. The first-order valence-corrected chi connectivity index (χ1v) is 11.7. The summed E-state index contributed by atoms with van der Waals surface area (Å²) in [5.74, 6) is 0. The first kappa shape index (κ1) is 12.2. The van der Waals surface area contributed by atoms with E-state index in [1.54, 1.807) is 0 Å². The third-order valence-electron chi connectivity index (χ3n) is 3.08. The second-order valence-electron chi connectivity index (χ2n) is 5.13.